The molecule has 2 aliphatic rings. The molecule has 2 fully saturated rings. The Balaban J connectivity index is 0.000000372. The minimum atomic E-state index is -4.93. The fourth-order valence-electron chi connectivity index (χ4n) is 8.00. The van der Waals surface area contributed by atoms with Gasteiger partial charge in [0.1, 0.15) is 0 Å². The Labute approximate surface area is 365 Å². The van der Waals surface area contributed by atoms with Crippen molar-refractivity contribution < 1.29 is 43.4 Å². The van der Waals surface area contributed by atoms with Crippen LogP contribution in [0.3, 0.4) is 0 Å². The number of nitrogens with one attached hydrogen (secondary N) is 2. The standard InChI is InChI=1S/C28H27F6N2PS.C17H19P.2CH3.Fe/c1-18(35-26(38)36-21-16-19(27(29,30)31)15-20(17-21)28(32,33)34)24-13-8-14-25(24)37(22-9-4-2-5-10-22)23-11-6-3-7-12-23;1-3-9-15(10-4-1)18(17-13-7-8-14-17)16-11-5-2-6-12-16;;;/h2-7,9-12,15-18,24-25H,8,13-14H2,1H3,(H2,35,36,38);1-6,9-12,17H,7-8,13-14H2;2*1H3;/q;;2*-1;+2/t18-,24?,25?;;;;/m1..../s1. The van der Waals surface area contributed by atoms with Gasteiger partial charge in [-0.3, -0.25) is 0 Å². The number of hydrogen-bond donors (Lipinski definition) is 2. The molecule has 2 aliphatic carbocycles. The molecule has 2 unspecified atom stereocenters. The SMILES string of the molecule is C[C@@H](NC(=S)Nc1cc(C(F)(F)F)cc(C(F)(F)F)c1)C1CCCC1P(c1ccccc1)c1ccccc1.[CH3-].[CH3-].[Fe+2].c1ccc(P(c2ccccc2)C2CCCC2)cc1. The second kappa shape index (κ2) is 23.1. The van der Waals surface area contributed by atoms with Crippen LogP contribution in [0.25, 0.3) is 0 Å². The normalized spacial score (nSPS) is 17.1. The molecule has 2 saturated carbocycles. The summed E-state index contributed by atoms with van der Waals surface area (Å²) in [5.41, 5.74) is -1.92. The second-order valence-electron chi connectivity index (χ2n) is 14.4. The summed E-state index contributed by atoms with van der Waals surface area (Å²) in [6, 6.07) is 44.1. The van der Waals surface area contributed by atoms with Crippen molar-refractivity contribution >= 4 is 60.1 Å². The Morgan fingerprint density at radius 1 is 0.576 bits per heavy atom. The maximum atomic E-state index is 13.2. The molecule has 2 N–H and O–H groups in total. The molecule has 7 rings (SSSR count). The molecule has 0 aromatic heterocycles. The van der Waals surface area contributed by atoms with Crippen LogP contribution in [-0.2, 0) is 29.4 Å². The van der Waals surface area contributed by atoms with Crippen molar-refractivity contribution in [2.24, 2.45) is 5.92 Å². The van der Waals surface area contributed by atoms with Gasteiger partial charge in [0.15, 0.2) is 5.11 Å². The van der Waals surface area contributed by atoms with Gasteiger partial charge in [-0.05, 0) is 117 Å². The molecule has 12 heteroatoms. The zero-order valence-corrected chi connectivity index (χ0v) is 37.2. The van der Waals surface area contributed by atoms with Gasteiger partial charge in [-0.1, -0.05) is 141 Å². The maximum absolute atomic E-state index is 13.2. The minimum Gasteiger partial charge on any atom is -0.360 e. The van der Waals surface area contributed by atoms with Gasteiger partial charge < -0.3 is 25.5 Å². The van der Waals surface area contributed by atoms with Crippen LogP contribution in [0.15, 0.2) is 140 Å². The predicted octanol–water partition coefficient (Wildman–Crippen LogP) is 12.7. The first-order valence-corrected chi connectivity index (χ1v) is 22.3. The third-order valence-electron chi connectivity index (χ3n) is 10.5. The van der Waals surface area contributed by atoms with E-state index >= 15 is 0 Å². The molecule has 0 spiro atoms. The van der Waals surface area contributed by atoms with Crippen LogP contribution in [-0.4, -0.2) is 22.5 Å². The first-order valence-electron chi connectivity index (χ1n) is 19.0. The molecular formula is C47H52F6FeN2P2S. The van der Waals surface area contributed by atoms with Crippen molar-refractivity contribution in [3.63, 3.8) is 0 Å². The number of rotatable bonds is 9. The second-order valence-corrected chi connectivity index (χ2v) is 19.7. The number of hydrogen-bond acceptors (Lipinski definition) is 1. The van der Waals surface area contributed by atoms with E-state index in [1.54, 1.807) is 10.6 Å². The van der Waals surface area contributed by atoms with E-state index in [-0.39, 0.29) is 68.7 Å². The van der Waals surface area contributed by atoms with Gasteiger partial charge in [0.2, 0.25) is 0 Å². The number of benzene rings is 5. The van der Waals surface area contributed by atoms with Crippen molar-refractivity contribution in [3.8, 4) is 0 Å². The molecule has 0 bridgehead atoms. The Morgan fingerprint density at radius 2 is 0.966 bits per heavy atom. The summed E-state index contributed by atoms with van der Waals surface area (Å²) in [6.07, 6.45) is -1.19. The van der Waals surface area contributed by atoms with Crippen LogP contribution in [0.2, 0.25) is 0 Å². The van der Waals surface area contributed by atoms with Gasteiger partial charge in [-0.2, -0.15) is 26.3 Å². The summed E-state index contributed by atoms with van der Waals surface area (Å²) in [7, 11) is -0.837. The molecule has 3 atom stereocenters. The van der Waals surface area contributed by atoms with Crippen LogP contribution >= 0.6 is 28.1 Å². The molecule has 5 aromatic rings. The Morgan fingerprint density at radius 3 is 1.36 bits per heavy atom. The monoisotopic (exact) mass is 908 g/mol. The molecule has 59 heavy (non-hydrogen) atoms. The zero-order chi connectivity index (χ0) is 39.7. The van der Waals surface area contributed by atoms with E-state index in [4.69, 9.17) is 12.2 Å². The molecular weight excluding hydrogens is 856 g/mol. The number of thiocarbonyl (C=S) groups is 1. The van der Waals surface area contributed by atoms with E-state index < -0.39 is 31.4 Å². The maximum Gasteiger partial charge on any atom is 2.00 e. The molecule has 0 aliphatic heterocycles. The fourth-order valence-corrected chi connectivity index (χ4v) is 14.6. The molecule has 316 valence electrons. The van der Waals surface area contributed by atoms with Gasteiger partial charge in [0.25, 0.3) is 0 Å². The topological polar surface area (TPSA) is 24.1 Å². The zero-order valence-electron chi connectivity index (χ0n) is 33.5. The summed E-state index contributed by atoms with van der Waals surface area (Å²) in [5, 5.41) is 11.3. The van der Waals surface area contributed by atoms with Crippen LogP contribution in [0.4, 0.5) is 32.0 Å². The van der Waals surface area contributed by atoms with E-state index in [1.807, 2.05) is 43.3 Å². The summed E-state index contributed by atoms with van der Waals surface area (Å²) in [6.45, 7) is 1.97. The molecule has 2 nitrogen and oxygen atoms in total. The van der Waals surface area contributed by atoms with Crippen molar-refractivity contribution in [1.29, 1.82) is 0 Å². The fraction of sp³-hybridized carbons (Fsp3) is 0.298. The van der Waals surface area contributed by atoms with E-state index in [0.717, 1.165) is 24.9 Å². The van der Waals surface area contributed by atoms with Gasteiger partial charge in [0.05, 0.1) is 11.1 Å². The third-order valence-corrected chi connectivity index (χ3v) is 16.7. The summed E-state index contributed by atoms with van der Waals surface area (Å²) < 4.78 is 79.5. The van der Waals surface area contributed by atoms with E-state index in [1.165, 1.54) is 36.3 Å². The van der Waals surface area contributed by atoms with Crippen molar-refractivity contribution in [2.45, 2.75) is 81.6 Å². The van der Waals surface area contributed by atoms with Crippen LogP contribution in [0.5, 0.6) is 0 Å². The van der Waals surface area contributed by atoms with Crippen LogP contribution in [0.1, 0.15) is 63.0 Å². The molecule has 0 amide bonds. The molecule has 0 radical (unpaired) electrons. The largest absolute Gasteiger partial charge is 2.00 e. The number of anilines is 1. The van der Waals surface area contributed by atoms with E-state index in [2.05, 4.69) is 95.6 Å². The van der Waals surface area contributed by atoms with Gasteiger partial charge >= 0.3 is 29.4 Å². The van der Waals surface area contributed by atoms with Gasteiger partial charge in [0, 0.05) is 11.7 Å². The summed E-state index contributed by atoms with van der Waals surface area (Å²) >= 11 is 5.33. The Hall–Kier alpha value is -3.25. The van der Waals surface area contributed by atoms with E-state index in [0.29, 0.717) is 17.8 Å². The Bertz CT molecular complexity index is 1870. The first kappa shape index (κ1) is 50.1. The first-order chi connectivity index (χ1) is 26.9. The quantitative estimate of drug-likeness (QED) is 0.0507. The Kier molecular flexibility index (Phi) is 19.6. The predicted molar refractivity (Wildman–Crippen MR) is 240 cm³/mol. The van der Waals surface area contributed by atoms with Crippen LogP contribution < -0.4 is 31.9 Å². The number of halogens is 6. The molecule has 5 aromatic carbocycles. The third kappa shape index (κ3) is 13.6. The van der Waals surface area contributed by atoms with Gasteiger partial charge in [-0.25, -0.2) is 0 Å². The van der Waals surface area contributed by atoms with E-state index in [9.17, 15) is 26.3 Å². The minimum absolute atomic E-state index is 0. The van der Waals surface area contributed by atoms with Crippen molar-refractivity contribution in [2.75, 3.05) is 5.32 Å². The summed E-state index contributed by atoms with van der Waals surface area (Å²) in [5.74, 6) is 0.216. The van der Waals surface area contributed by atoms with Crippen LogP contribution in [0, 0.1) is 20.8 Å². The number of alkyl halides is 6. The smallest absolute Gasteiger partial charge is 0.360 e. The summed E-state index contributed by atoms with van der Waals surface area (Å²) in [4.78, 5) is 0. The van der Waals surface area contributed by atoms with Gasteiger partial charge in [-0.15, -0.1) is 0 Å². The van der Waals surface area contributed by atoms with Crippen molar-refractivity contribution in [3.05, 3.63) is 166 Å². The molecule has 0 heterocycles. The average molecular weight is 909 g/mol. The molecule has 0 saturated heterocycles. The average Bonchev–Trinajstić information content (AvgIpc) is 3.90. The van der Waals surface area contributed by atoms with Crippen molar-refractivity contribution in [1.82, 2.24) is 5.32 Å².